The molecule has 2 heteroatoms. The van der Waals surface area contributed by atoms with Gasteiger partial charge in [-0.3, -0.25) is 0 Å². The summed E-state index contributed by atoms with van der Waals surface area (Å²) in [6.45, 7) is 5.68. The summed E-state index contributed by atoms with van der Waals surface area (Å²) in [4.78, 5) is 0. The Hall–Kier alpha value is -1.54. The monoisotopic (exact) mass is 312 g/mol. The first-order valence-electron chi connectivity index (χ1n) is 9.31. The average Bonchev–Trinajstić information content (AvgIpc) is 2.97. The van der Waals surface area contributed by atoms with Gasteiger partial charge in [-0.25, -0.2) is 5.01 Å². The molecule has 0 bridgehead atoms. The van der Waals surface area contributed by atoms with Crippen LogP contribution < -0.4 is 5.43 Å². The minimum absolute atomic E-state index is 0.550. The minimum atomic E-state index is 0.550. The zero-order chi connectivity index (χ0) is 16.3. The van der Waals surface area contributed by atoms with Crippen LogP contribution in [0.15, 0.2) is 48.2 Å². The minimum Gasteiger partial charge on any atom is -0.319 e. The Morgan fingerprint density at radius 3 is 2.43 bits per heavy atom. The maximum atomic E-state index is 3.60. The van der Waals surface area contributed by atoms with Gasteiger partial charge in [0.25, 0.3) is 0 Å². The van der Waals surface area contributed by atoms with Crippen molar-refractivity contribution >= 4 is 6.08 Å². The molecule has 1 heterocycles. The molecular formula is C21H32N2. The molecule has 1 aromatic rings. The smallest absolute Gasteiger partial charge is 0.0494 e. The van der Waals surface area contributed by atoms with Crippen LogP contribution in [0.2, 0.25) is 0 Å². The molecule has 23 heavy (non-hydrogen) atoms. The van der Waals surface area contributed by atoms with E-state index in [1.165, 1.54) is 56.2 Å². The highest BCUT2D eigenvalue weighted by Gasteiger charge is 2.22. The SMILES string of the molecule is CCCCCC1C=C(C=Cc2ccccc2)NN1CCCCC. The quantitative estimate of drug-likeness (QED) is 0.570. The molecule has 1 aromatic carbocycles. The fraction of sp³-hybridized carbons (Fsp3) is 0.524. The second kappa shape index (κ2) is 10.3. The van der Waals surface area contributed by atoms with Gasteiger partial charge in [-0.05, 0) is 30.6 Å². The molecular weight excluding hydrogens is 280 g/mol. The van der Waals surface area contributed by atoms with Gasteiger partial charge in [-0.15, -0.1) is 0 Å². The maximum Gasteiger partial charge on any atom is 0.0494 e. The molecule has 0 radical (unpaired) electrons. The Bertz CT molecular complexity index is 490. The van der Waals surface area contributed by atoms with Gasteiger partial charge in [0.2, 0.25) is 0 Å². The first-order valence-corrected chi connectivity index (χ1v) is 9.31. The van der Waals surface area contributed by atoms with Crippen LogP contribution in [0, 0.1) is 0 Å². The third-order valence-electron chi connectivity index (χ3n) is 4.41. The maximum absolute atomic E-state index is 3.60. The number of nitrogens with one attached hydrogen (secondary N) is 1. The number of benzene rings is 1. The third kappa shape index (κ3) is 6.23. The van der Waals surface area contributed by atoms with E-state index in [1.807, 2.05) is 0 Å². The van der Waals surface area contributed by atoms with Crippen molar-refractivity contribution in [3.63, 3.8) is 0 Å². The molecule has 0 spiro atoms. The van der Waals surface area contributed by atoms with E-state index in [0.29, 0.717) is 6.04 Å². The number of hydrazine groups is 1. The van der Waals surface area contributed by atoms with Gasteiger partial charge in [0.1, 0.15) is 0 Å². The Labute approximate surface area is 142 Å². The lowest BCUT2D eigenvalue weighted by molar-refractivity contribution is 0.183. The number of hydrogen-bond donors (Lipinski definition) is 1. The van der Waals surface area contributed by atoms with Crippen molar-refractivity contribution in [1.82, 2.24) is 10.4 Å². The first-order chi connectivity index (χ1) is 11.3. The molecule has 0 fully saturated rings. The standard InChI is InChI=1S/C21H32N2/c1-3-5-8-14-21-18-20(22-23(21)17-11-6-4-2)16-15-19-12-9-7-10-13-19/h7,9-10,12-13,15-16,18,21-22H,3-6,8,11,14,17H2,1-2H3. The van der Waals surface area contributed by atoms with Crippen LogP contribution >= 0.6 is 0 Å². The van der Waals surface area contributed by atoms with E-state index >= 15 is 0 Å². The Kier molecular flexibility index (Phi) is 7.96. The zero-order valence-corrected chi connectivity index (χ0v) is 14.8. The lowest BCUT2D eigenvalue weighted by Gasteiger charge is -2.24. The molecule has 126 valence electrons. The van der Waals surface area contributed by atoms with Gasteiger partial charge in [0.05, 0.1) is 0 Å². The molecule has 1 aliphatic heterocycles. The van der Waals surface area contributed by atoms with Crippen molar-refractivity contribution < 1.29 is 0 Å². The lowest BCUT2D eigenvalue weighted by atomic mass is 10.1. The highest BCUT2D eigenvalue weighted by molar-refractivity contribution is 5.52. The topological polar surface area (TPSA) is 15.3 Å². The van der Waals surface area contributed by atoms with E-state index < -0.39 is 0 Å². The van der Waals surface area contributed by atoms with Crippen LogP contribution in [0.3, 0.4) is 0 Å². The highest BCUT2D eigenvalue weighted by Crippen LogP contribution is 2.19. The molecule has 1 aliphatic rings. The van der Waals surface area contributed by atoms with Crippen LogP contribution in [0.5, 0.6) is 0 Å². The number of allylic oxidation sites excluding steroid dienone is 1. The van der Waals surface area contributed by atoms with Gasteiger partial charge in [-0.1, -0.05) is 82.4 Å². The summed E-state index contributed by atoms with van der Waals surface area (Å²) in [6, 6.07) is 11.1. The first kappa shape index (κ1) is 17.8. The van der Waals surface area contributed by atoms with Gasteiger partial charge in [0.15, 0.2) is 0 Å². The fourth-order valence-corrected chi connectivity index (χ4v) is 3.02. The number of rotatable bonds is 10. The second-order valence-electron chi connectivity index (χ2n) is 6.44. The predicted molar refractivity (Wildman–Crippen MR) is 101 cm³/mol. The number of unbranched alkanes of at least 4 members (excludes halogenated alkanes) is 4. The van der Waals surface area contributed by atoms with Gasteiger partial charge < -0.3 is 5.43 Å². The molecule has 0 aliphatic carbocycles. The normalized spacial score (nSPS) is 18.3. The van der Waals surface area contributed by atoms with Gasteiger partial charge in [-0.2, -0.15) is 0 Å². The Balaban J connectivity index is 1.93. The second-order valence-corrected chi connectivity index (χ2v) is 6.44. The highest BCUT2D eigenvalue weighted by atomic mass is 15.5. The van der Waals surface area contributed by atoms with E-state index in [9.17, 15) is 0 Å². The fourth-order valence-electron chi connectivity index (χ4n) is 3.02. The van der Waals surface area contributed by atoms with Gasteiger partial charge >= 0.3 is 0 Å². The molecule has 0 aromatic heterocycles. The lowest BCUT2D eigenvalue weighted by Crippen LogP contribution is -2.39. The van der Waals surface area contributed by atoms with Crippen LogP contribution in [0.4, 0.5) is 0 Å². The summed E-state index contributed by atoms with van der Waals surface area (Å²) < 4.78 is 0. The summed E-state index contributed by atoms with van der Waals surface area (Å²) in [5.41, 5.74) is 6.10. The van der Waals surface area contributed by atoms with Crippen molar-refractivity contribution in [1.29, 1.82) is 0 Å². The molecule has 0 saturated heterocycles. The van der Waals surface area contributed by atoms with Crippen molar-refractivity contribution in [2.75, 3.05) is 6.54 Å². The predicted octanol–water partition coefficient (Wildman–Crippen LogP) is 5.54. The van der Waals surface area contributed by atoms with Crippen molar-refractivity contribution in [3.8, 4) is 0 Å². The summed E-state index contributed by atoms with van der Waals surface area (Å²) in [7, 11) is 0. The van der Waals surface area contributed by atoms with E-state index in [-0.39, 0.29) is 0 Å². The zero-order valence-electron chi connectivity index (χ0n) is 14.8. The number of nitrogens with zero attached hydrogens (tertiary/aromatic N) is 1. The molecule has 1 atom stereocenters. The molecule has 2 nitrogen and oxygen atoms in total. The van der Waals surface area contributed by atoms with Crippen LogP contribution in [0.1, 0.15) is 64.4 Å². The van der Waals surface area contributed by atoms with E-state index in [4.69, 9.17) is 0 Å². The summed E-state index contributed by atoms with van der Waals surface area (Å²) in [5, 5.41) is 2.44. The Morgan fingerprint density at radius 2 is 1.70 bits per heavy atom. The summed E-state index contributed by atoms with van der Waals surface area (Å²) in [6.07, 6.45) is 15.9. The largest absolute Gasteiger partial charge is 0.319 e. The molecule has 2 rings (SSSR count). The summed E-state index contributed by atoms with van der Waals surface area (Å²) in [5.74, 6) is 0. The van der Waals surface area contributed by atoms with E-state index in [2.05, 4.69) is 72.8 Å². The number of hydrogen-bond acceptors (Lipinski definition) is 2. The molecule has 0 saturated carbocycles. The molecule has 0 amide bonds. The Morgan fingerprint density at radius 1 is 0.957 bits per heavy atom. The van der Waals surface area contributed by atoms with Gasteiger partial charge in [0, 0.05) is 18.3 Å². The average molecular weight is 313 g/mol. The van der Waals surface area contributed by atoms with Crippen molar-refractivity contribution in [2.24, 2.45) is 0 Å². The van der Waals surface area contributed by atoms with E-state index in [0.717, 1.165) is 6.54 Å². The van der Waals surface area contributed by atoms with Crippen LogP contribution in [0.25, 0.3) is 6.08 Å². The van der Waals surface area contributed by atoms with E-state index in [1.54, 1.807) is 0 Å². The van der Waals surface area contributed by atoms with Crippen LogP contribution in [-0.4, -0.2) is 17.6 Å². The third-order valence-corrected chi connectivity index (χ3v) is 4.41. The van der Waals surface area contributed by atoms with Crippen LogP contribution in [-0.2, 0) is 0 Å². The molecule has 1 N–H and O–H groups in total. The summed E-state index contributed by atoms with van der Waals surface area (Å²) >= 11 is 0. The molecule has 1 unspecified atom stereocenters. The van der Waals surface area contributed by atoms with Crippen molar-refractivity contribution in [3.05, 3.63) is 53.7 Å². The van der Waals surface area contributed by atoms with Crippen molar-refractivity contribution in [2.45, 2.75) is 64.8 Å².